The Kier molecular flexibility index (Phi) is 3.39. The molecule has 1 heterocycles. The van der Waals surface area contributed by atoms with Gasteiger partial charge in [0.05, 0.1) is 0 Å². The number of fused-ring (bicyclic) bond motifs is 1. The Bertz CT molecular complexity index is 331. The number of nitrogens with one attached hydrogen (secondary N) is 1. The highest BCUT2D eigenvalue weighted by atomic mass is 15.0. The second-order valence-corrected chi connectivity index (χ2v) is 4.53. The zero-order valence-electron chi connectivity index (χ0n) is 9.71. The fourth-order valence-corrected chi connectivity index (χ4v) is 2.16. The molecular formula is C13H20N2. The van der Waals surface area contributed by atoms with Gasteiger partial charge in [0.15, 0.2) is 0 Å². The number of nitrogens with zero attached hydrogens (tertiary/aromatic N) is 1. The molecule has 0 atom stereocenters. The van der Waals surface area contributed by atoms with Crippen molar-refractivity contribution in [2.45, 2.75) is 19.4 Å². The lowest BCUT2D eigenvalue weighted by atomic mass is 9.94. The third-order valence-electron chi connectivity index (χ3n) is 3.07. The smallest absolute Gasteiger partial charge is 0.0211 e. The van der Waals surface area contributed by atoms with Crippen LogP contribution in [0.15, 0.2) is 18.2 Å². The normalized spacial score (nSPS) is 15.4. The lowest BCUT2D eigenvalue weighted by molar-refractivity contribution is 0.412. The number of likely N-dealkylation sites (N-methyl/N-ethyl adjacent to an activating group) is 1. The van der Waals surface area contributed by atoms with E-state index < -0.39 is 0 Å². The van der Waals surface area contributed by atoms with Gasteiger partial charge in [0.2, 0.25) is 0 Å². The van der Waals surface area contributed by atoms with Crippen molar-refractivity contribution in [2.75, 3.05) is 27.2 Å². The van der Waals surface area contributed by atoms with Crippen LogP contribution >= 0.6 is 0 Å². The van der Waals surface area contributed by atoms with Crippen LogP contribution in [0.25, 0.3) is 0 Å². The summed E-state index contributed by atoms with van der Waals surface area (Å²) >= 11 is 0. The number of hydrogen-bond donors (Lipinski definition) is 1. The monoisotopic (exact) mass is 204 g/mol. The topological polar surface area (TPSA) is 15.3 Å². The lowest BCUT2D eigenvalue weighted by Gasteiger charge is -2.21. The summed E-state index contributed by atoms with van der Waals surface area (Å²) < 4.78 is 0. The van der Waals surface area contributed by atoms with E-state index in [1.807, 2.05) is 0 Å². The van der Waals surface area contributed by atoms with Crippen molar-refractivity contribution in [3.63, 3.8) is 0 Å². The first kappa shape index (κ1) is 10.7. The van der Waals surface area contributed by atoms with Crippen molar-refractivity contribution in [1.82, 2.24) is 10.2 Å². The van der Waals surface area contributed by atoms with Crippen LogP contribution in [0, 0.1) is 0 Å². The Balaban J connectivity index is 2.16. The Morgan fingerprint density at radius 1 is 1.33 bits per heavy atom. The van der Waals surface area contributed by atoms with Gasteiger partial charge in [0.1, 0.15) is 0 Å². The van der Waals surface area contributed by atoms with Crippen LogP contribution in [-0.4, -0.2) is 32.1 Å². The summed E-state index contributed by atoms with van der Waals surface area (Å²) in [6, 6.07) is 6.75. The van der Waals surface area contributed by atoms with Crippen molar-refractivity contribution in [3.8, 4) is 0 Å². The molecule has 0 saturated carbocycles. The lowest BCUT2D eigenvalue weighted by Crippen LogP contribution is -2.25. The van der Waals surface area contributed by atoms with E-state index >= 15 is 0 Å². The third kappa shape index (κ3) is 2.58. The van der Waals surface area contributed by atoms with Crippen molar-refractivity contribution in [2.24, 2.45) is 0 Å². The van der Waals surface area contributed by atoms with Gasteiger partial charge in [-0.3, -0.25) is 0 Å². The molecule has 0 aromatic heterocycles. The van der Waals surface area contributed by atoms with E-state index in [0.29, 0.717) is 0 Å². The third-order valence-corrected chi connectivity index (χ3v) is 3.07. The van der Waals surface area contributed by atoms with Crippen LogP contribution in [-0.2, 0) is 19.4 Å². The highest BCUT2D eigenvalue weighted by Gasteiger charge is 2.11. The predicted molar refractivity (Wildman–Crippen MR) is 64.1 cm³/mol. The molecule has 2 nitrogen and oxygen atoms in total. The minimum atomic E-state index is 1.05. The fraction of sp³-hybridized carbons (Fsp3) is 0.538. The van der Waals surface area contributed by atoms with E-state index in [4.69, 9.17) is 0 Å². The van der Waals surface area contributed by atoms with Crippen molar-refractivity contribution < 1.29 is 0 Å². The van der Waals surface area contributed by atoms with E-state index in [2.05, 4.69) is 42.5 Å². The first-order valence-electron chi connectivity index (χ1n) is 5.72. The molecule has 0 fully saturated rings. The van der Waals surface area contributed by atoms with Crippen LogP contribution in [0.2, 0.25) is 0 Å². The van der Waals surface area contributed by atoms with Gasteiger partial charge in [-0.05, 0) is 50.2 Å². The maximum absolute atomic E-state index is 3.46. The molecule has 2 heteroatoms. The average Bonchev–Trinajstić information content (AvgIpc) is 2.26. The minimum absolute atomic E-state index is 1.05. The van der Waals surface area contributed by atoms with Gasteiger partial charge in [-0.25, -0.2) is 0 Å². The van der Waals surface area contributed by atoms with E-state index in [-0.39, 0.29) is 0 Å². The van der Waals surface area contributed by atoms with Crippen molar-refractivity contribution >= 4 is 0 Å². The zero-order chi connectivity index (χ0) is 10.7. The van der Waals surface area contributed by atoms with Gasteiger partial charge in [0.25, 0.3) is 0 Å². The maximum Gasteiger partial charge on any atom is 0.0211 e. The molecule has 1 aliphatic heterocycles. The first-order valence-corrected chi connectivity index (χ1v) is 5.72. The second kappa shape index (κ2) is 4.77. The van der Waals surface area contributed by atoms with E-state index in [0.717, 1.165) is 26.1 Å². The first-order chi connectivity index (χ1) is 7.27. The highest BCUT2D eigenvalue weighted by Crippen LogP contribution is 2.18. The molecule has 2 rings (SSSR count). The number of benzene rings is 1. The highest BCUT2D eigenvalue weighted by molar-refractivity contribution is 5.37. The summed E-state index contributed by atoms with van der Waals surface area (Å²) in [5.74, 6) is 0. The molecule has 0 saturated heterocycles. The van der Waals surface area contributed by atoms with Gasteiger partial charge < -0.3 is 10.2 Å². The summed E-state index contributed by atoms with van der Waals surface area (Å²) in [6.45, 7) is 3.32. The summed E-state index contributed by atoms with van der Waals surface area (Å²) in [4.78, 5) is 2.25. The van der Waals surface area contributed by atoms with Gasteiger partial charge in [-0.2, -0.15) is 0 Å². The molecule has 15 heavy (non-hydrogen) atoms. The molecular weight excluding hydrogens is 184 g/mol. The summed E-state index contributed by atoms with van der Waals surface area (Å²) in [5.41, 5.74) is 4.61. The average molecular weight is 204 g/mol. The number of rotatable bonds is 3. The Labute approximate surface area is 92.3 Å². The fourth-order valence-electron chi connectivity index (χ4n) is 2.16. The Hall–Kier alpha value is -0.860. The molecule has 1 N–H and O–H groups in total. The SMILES string of the molecule is CN(C)CCc1cccc2c1CNCC2. The molecule has 0 spiro atoms. The molecule has 0 amide bonds. The van der Waals surface area contributed by atoms with Crippen LogP contribution in [0.4, 0.5) is 0 Å². The predicted octanol–water partition coefficient (Wildman–Crippen LogP) is 1.44. The second-order valence-electron chi connectivity index (χ2n) is 4.53. The van der Waals surface area contributed by atoms with Crippen molar-refractivity contribution in [1.29, 1.82) is 0 Å². The molecule has 0 unspecified atom stereocenters. The molecule has 0 aliphatic carbocycles. The van der Waals surface area contributed by atoms with E-state index in [9.17, 15) is 0 Å². The maximum atomic E-state index is 3.46. The van der Waals surface area contributed by atoms with E-state index in [1.165, 1.54) is 12.0 Å². The van der Waals surface area contributed by atoms with Gasteiger partial charge in [-0.15, -0.1) is 0 Å². The van der Waals surface area contributed by atoms with E-state index in [1.54, 1.807) is 11.1 Å². The molecule has 1 aliphatic rings. The van der Waals surface area contributed by atoms with Crippen LogP contribution < -0.4 is 5.32 Å². The summed E-state index contributed by atoms with van der Waals surface area (Å²) in [6.07, 6.45) is 2.35. The van der Waals surface area contributed by atoms with Crippen molar-refractivity contribution in [3.05, 3.63) is 34.9 Å². The van der Waals surface area contributed by atoms with Gasteiger partial charge in [0, 0.05) is 13.1 Å². The molecule has 82 valence electrons. The quantitative estimate of drug-likeness (QED) is 0.801. The molecule has 1 aromatic rings. The molecule has 0 bridgehead atoms. The number of hydrogen-bond acceptors (Lipinski definition) is 2. The van der Waals surface area contributed by atoms with Crippen LogP contribution in [0.3, 0.4) is 0 Å². The van der Waals surface area contributed by atoms with Gasteiger partial charge in [-0.1, -0.05) is 18.2 Å². The summed E-state index contributed by atoms with van der Waals surface area (Å²) in [7, 11) is 4.27. The molecule has 1 aromatic carbocycles. The van der Waals surface area contributed by atoms with Gasteiger partial charge >= 0.3 is 0 Å². The Morgan fingerprint density at radius 3 is 3.00 bits per heavy atom. The standard InChI is InChI=1S/C13H20N2/c1-15(2)9-7-12-5-3-4-11-6-8-14-10-13(11)12/h3-5,14H,6-10H2,1-2H3. The largest absolute Gasteiger partial charge is 0.312 e. The minimum Gasteiger partial charge on any atom is -0.312 e. The molecule has 0 radical (unpaired) electrons. The van der Waals surface area contributed by atoms with Crippen LogP contribution in [0.1, 0.15) is 16.7 Å². The summed E-state index contributed by atoms with van der Waals surface area (Å²) in [5, 5.41) is 3.46. The zero-order valence-corrected chi connectivity index (χ0v) is 9.71. The van der Waals surface area contributed by atoms with Crippen LogP contribution in [0.5, 0.6) is 0 Å². The Morgan fingerprint density at radius 2 is 2.20 bits per heavy atom.